The number of hydrogen-bond donors (Lipinski definition) is 1. The van der Waals surface area contributed by atoms with Crippen molar-refractivity contribution in [3.63, 3.8) is 0 Å². The summed E-state index contributed by atoms with van der Waals surface area (Å²) in [6.07, 6.45) is 3.56. The number of amides is 1. The molecule has 0 aliphatic heterocycles. The second-order valence-electron chi connectivity index (χ2n) is 6.07. The van der Waals surface area contributed by atoms with E-state index >= 15 is 0 Å². The first-order valence-electron chi connectivity index (χ1n) is 8.20. The number of hydrogen-bond acceptors (Lipinski definition) is 5. The van der Waals surface area contributed by atoms with Crippen molar-refractivity contribution < 1.29 is 23.1 Å². The number of pyridine rings is 1. The van der Waals surface area contributed by atoms with Crippen LogP contribution in [0.3, 0.4) is 0 Å². The zero-order valence-electron chi connectivity index (χ0n) is 14.9. The van der Waals surface area contributed by atoms with Gasteiger partial charge in [0.15, 0.2) is 6.29 Å². The maximum atomic E-state index is 13.2. The van der Waals surface area contributed by atoms with Gasteiger partial charge in [0.1, 0.15) is 4.90 Å². The van der Waals surface area contributed by atoms with Crippen LogP contribution in [0.4, 0.5) is 4.79 Å². The fraction of sp³-hybridized carbons (Fsp3) is 0.105. The van der Waals surface area contributed by atoms with Crippen LogP contribution in [0.25, 0.3) is 11.3 Å². The summed E-state index contributed by atoms with van der Waals surface area (Å²) in [5, 5.41) is 9.10. The lowest BCUT2D eigenvalue weighted by Gasteiger charge is -2.11. The minimum absolute atomic E-state index is 0.0127. The largest absolute Gasteiger partial charge is 0.465 e. The highest BCUT2D eigenvalue weighted by Gasteiger charge is 2.24. The summed E-state index contributed by atoms with van der Waals surface area (Å²) >= 11 is 0. The normalized spacial score (nSPS) is 11.2. The molecule has 0 atom stereocenters. The van der Waals surface area contributed by atoms with E-state index in [0.29, 0.717) is 23.0 Å². The first-order valence-corrected chi connectivity index (χ1v) is 9.64. The van der Waals surface area contributed by atoms with E-state index in [4.69, 9.17) is 5.11 Å². The molecule has 144 valence electrons. The molecule has 0 saturated heterocycles. The minimum atomic E-state index is -4.01. The van der Waals surface area contributed by atoms with Gasteiger partial charge in [0.2, 0.25) is 0 Å². The predicted molar refractivity (Wildman–Crippen MR) is 102 cm³/mol. The van der Waals surface area contributed by atoms with E-state index in [0.717, 1.165) is 8.87 Å². The van der Waals surface area contributed by atoms with Crippen LogP contribution in [0.15, 0.2) is 66.0 Å². The van der Waals surface area contributed by atoms with Crippen LogP contribution in [0.1, 0.15) is 15.9 Å². The molecule has 0 radical (unpaired) electrons. The van der Waals surface area contributed by atoms with Crippen molar-refractivity contribution >= 4 is 22.4 Å². The molecule has 1 N–H and O–H groups in total. The monoisotopic (exact) mass is 399 g/mol. The Labute approximate surface area is 161 Å². The zero-order valence-corrected chi connectivity index (χ0v) is 15.7. The van der Waals surface area contributed by atoms with Gasteiger partial charge >= 0.3 is 6.09 Å². The van der Waals surface area contributed by atoms with Gasteiger partial charge < -0.3 is 10.0 Å². The van der Waals surface area contributed by atoms with E-state index in [-0.39, 0.29) is 17.1 Å². The molecule has 8 nitrogen and oxygen atoms in total. The molecule has 9 heteroatoms. The molecule has 0 fully saturated rings. The molecule has 0 spiro atoms. The second kappa shape index (κ2) is 7.65. The van der Waals surface area contributed by atoms with Crippen molar-refractivity contribution in [3.05, 3.63) is 72.2 Å². The Kier molecular flexibility index (Phi) is 5.27. The third-order valence-corrected chi connectivity index (χ3v) is 5.80. The van der Waals surface area contributed by atoms with Crippen LogP contribution in [0.5, 0.6) is 0 Å². The SMILES string of the molecule is CN(Cc1cc(-c2ccccc2C=O)n(S(=O)(=O)c2cccnc2)c1)C(=O)O. The highest BCUT2D eigenvalue weighted by atomic mass is 32.2. The van der Waals surface area contributed by atoms with Crippen LogP contribution in [-0.4, -0.2) is 46.8 Å². The average molecular weight is 399 g/mol. The van der Waals surface area contributed by atoms with Crippen molar-refractivity contribution in [3.8, 4) is 11.3 Å². The first kappa shape index (κ1) is 19.3. The van der Waals surface area contributed by atoms with Crippen LogP contribution in [0, 0.1) is 0 Å². The number of nitrogens with zero attached hydrogens (tertiary/aromatic N) is 3. The molecule has 1 aromatic carbocycles. The Morgan fingerprint density at radius 3 is 2.64 bits per heavy atom. The molecule has 0 aliphatic rings. The lowest BCUT2D eigenvalue weighted by atomic mass is 10.1. The van der Waals surface area contributed by atoms with E-state index in [1.807, 2.05) is 0 Å². The highest BCUT2D eigenvalue weighted by Crippen LogP contribution is 2.29. The zero-order chi connectivity index (χ0) is 20.3. The Balaban J connectivity index is 2.21. The van der Waals surface area contributed by atoms with Crippen molar-refractivity contribution in [1.29, 1.82) is 0 Å². The van der Waals surface area contributed by atoms with Gasteiger partial charge in [-0.15, -0.1) is 0 Å². The average Bonchev–Trinajstić information content (AvgIpc) is 3.13. The summed E-state index contributed by atoms with van der Waals surface area (Å²) in [5.41, 5.74) is 1.48. The molecular formula is C19H17N3O5S. The molecule has 2 aromatic heterocycles. The van der Waals surface area contributed by atoms with Crippen LogP contribution < -0.4 is 0 Å². The Morgan fingerprint density at radius 1 is 1.25 bits per heavy atom. The van der Waals surface area contributed by atoms with Gasteiger partial charge in [0, 0.05) is 36.8 Å². The fourth-order valence-electron chi connectivity index (χ4n) is 2.77. The van der Waals surface area contributed by atoms with Crippen molar-refractivity contribution in [2.45, 2.75) is 11.4 Å². The van der Waals surface area contributed by atoms with Gasteiger partial charge in [0.25, 0.3) is 10.0 Å². The third kappa shape index (κ3) is 3.65. The Hall–Kier alpha value is -3.46. The first-order chi connectivity index (χ1) is 13.3. The summed E-state index contributed by atoms with van der Waals surface area (Å²) in [7, 11) is -2.62. The topological polar surface area (TPSA) is 110 Å². The summed E-state index contributed by atoms with van der Waals surface area (Å²) in [6, 6.07) is 11.1. The summed E-state index contributed by atoms with van der Waals surface area (Å²) in [5.74, 6) is 0. The lowest BCUT2D eigenvalue weighted by molar-refractivity contribution is 0.112. The van der Waals surface area contributed by atoms with Gasteiger partial charge in [0.05, 0.1) is 12.2 Å². The summed E-state index contributed by atoms with van der Waals surface area (Å²) in [6.45, 7) is -0.0127. The van der Waals surface area contributed by atoms with Crippen LogP contribution in [-0.2, 0) is 16.6 Å². The molecule has 28 heavy (non-hydrogen) atoms. The quantitative estimate of drug-likeness (QED) is 0.638. The van der Waals surface area contributed by atoms with Crippen LogP contribution in [0.2, 0.25) is 0 Å². The smallest absolute Gasteiger partial charge is 0.407 e. The molecule has 2 heterocycles. The standard InChI is InChI=1S/C19H17N3O5S/c1-21(19(24)25)11-14-9-18(17-7-3-2-5-15(17)13-23)22(12-14)28(26,27)16-6-4-8-20-10-16/h2-10,12-13H,11H2,1H3,(H,24,25). The number of rotatable bonds is 6. The molecule has 0 saturated carbocycles. The van der Waals surface area contributed by atoms with E-state index < -0.39 is 16.1 Å². The van der Waals surface area contributed by atoms with E-state index in [2.05, 4.69) is 4.98 Å². The molecule has 0 bridgehead atoms. The number of aromatic nitrogens is 2. The molecule has 3 rings (SSSR count). The molecule has 3 aromatic rings. The Morgan fingerprint density at radius 2 is 2.00 bits per heavy atom. The van der Waals surface area contributed by atoms with Crippen molar-refractivity contribution in [2.24, 2.45) is 0 Å². The van der Waals surface area contributed by atoms with Crippen LogP contribution >= 0.6 is 0 Å². The van der Waals surface area contributed by atoms with Gasteiger partial charge in [-0.3, -0.25) is 9.78 Å². The number of carbonyl (C=O) groups is 2. The van der Waals surface area contributed by atoms with Gasteiger partial charge in [-0.05, 0) is 23.8 Å². The molecular weight excluding hydrogens is 382 g/mol. The van der Waals surface area contributed by atoms with E-state index in [9.17, 15) is 18.0 Å². The fourth-order valence-corrected chi connectivity index (χ4v) is 4.12. The maximum Gasteiger partial charge on any atom is 0.407 e. The van der Waals surface area contributed by atoms with Gasteiger partial charge in [-0.25, -0.2) is 17.2 Å². The molecule has 1 amide bonds. The lowest BCUT2D eigenvalue weighted by Crippen LogP contribution is -2.23. The third-order valence-electron chi connectivity index (χ3n) is 4.14. The molecule has 0 unspecified atom stereocenters. The van der Waals surface area contributed by atoms with Gasteiger partial charge in [-0.1, -0.05) is 24.3 Å². The summed E-state index contributed by atoms with van der Waals surface area (Å²) in [4.78, 5) is 27.5. The van der Waals surface area contributed by atoms with Crippen molar-refractivity contribution in [2.75, 3.05) is 7.05 Å². The number of aldehydes is 1. The predicted octanol–water partition coefficient (Wildman–Crippen LogP) is 2.71. The Bertz CT molecular complexity index is 1120. The summed E-state index contributed by atoms with van der Waals surface area (Å²) < 4.78 is 27.4. The number of carbonyl (C=O) groups excluding carboxylic acids is 1. The van der Waals surface area contributed by atoms with E-state index in [1.54, 1.807) is 30.3 Å². The van der Waals surface area contributed by atoms with Crippen molar-refractivity contribution in [1.82, 2.24) is 13.9 Å². The maximum absolute atomic E-state index is 13.2. The highest BCUT2D eigenvalue weighted by molar-refractivity contribution is 7.90. The minimum Gasteiger partial charge on any atom is -0.465 e. The van der Waals surface area contributed by atoms with E-state index in [1.165, 1.54) is 37.8 Å². The number of benzene rings is 1. The second-order valence-corrected chi connectivity index (χ2v) is 7.88. The number of carboxylic acid groups (broad SMARTS) is 1. The molecule has 0 aliphatic carbocycles. The van der Waals surface area contributed by atoms with Gasteiger partial charge in [-0.2, -0.15) is 0 Å².